The zero-order chi connectivity index (χ0) is 10.4. The lowest BCUT2D eigenvalue weighted by molar-refractivity contribution is 0.628. The van der Waals surface area contributed by atoms with Crippen LogP contribution in [0.3, 0.4) is 0 Å². The molecular weight excluding hydrogens is 326 g/mol. The first-order chi connectivity index (χ1) is 6.74. The third-order valence-electron chi connectivity index (χ3n) is 2.14. The van der Waals surface area contributed by atoms with Crippen molar-refractivity contribution < 1.29 is 0 Å². The van der Waals surface area contributed by atoms with Gasteiger partial charge < -0.3 is 0 Å². The molecule has 80 valence electrons. The molecule has 0 saturated heterocycles. The van der Waals surface area contributed by atoms with E-state index < -0.39 is 0 Å². The van der Waals surface area contributed by atoms with Gasteiger partial charge in [0.2, 0.25) is 0 Å². The Morgan fingerprint density at radius 2 is 1.86 bits per heavy atom. The summed E-state index contributed by atoms with van der Waals surface area (Å²) in [5.41, 5.74) is 1.21. The maximum Gasteiger partial charge on any atom is 0.160 e. The minimum atomic E-state index is 0.980. The smallest absolute Gasteiger partial charge is 0.160 e. The van der Waals surface area contributed by atoms with Crippen LogP contribution in [0.1, 0.15) is 44.7 Å². The number of hydrogen-bond donors (Lipinski definition) is 0. The van der Waals surface area contributed by atoms with E-state index in [1.54, 1.807) is 11.3 Å². The van der Waals surface area contributed by atoms with Crippen LogP contribution in [0.15, 0.2) is 7.70 Å². The molecule has 4 heteroatoms. The molecule has 0 amide bonds. The van der Waals surface area contributed by atoms with Crippen molar-refractivity contribution in [3.05, 3.63) is 13.4 Å². The highest BCUT2D eigenvalue weighted by Gasteiger charge is 2.05. The second-order valence-electron chi connectivity index (χ2n) is 3.35. The number of aryl methyl sites for hydroxylation is 1. The Hall–Kier alpha value is 0.590. The van der Waals surface area contributed by atoms with E-state index in [4.69, 9.17) is 0 Å². The van der Waals surface area contributed by atoms with E-state index in [0.717, 1.165) is 10.3 Å². The summed E-state index contributed by atoms with van der Waals surface area (Å²) in [6, 6.07) is 0. The molecule has 0 aliphatic carbocycles. The number of unbranched alkanes of at least 4 members (excludes halogenated alkanes) is 4. The van der Waals surface area contributed by atoms with Crippen LogP contribution in [-0.2, 0) is 6.42 Å². The first kappa shape index (κ1) is 12.7. The maximum absolute atomic E-state index is 4.42. The van der Waals surface area contributed by atoms with Gasteiger partial charge in [-0.1, -0.05) is 43.9 Å². The molecule has 1 aromatic heterocycles. The van der Waals surface area contributed by atoms with E-state index in [0.29, 0.717) is 0 Å². The van der Waals surface area contributed by atoms with Gasteiger partial charge in [0.05, 0.1) is 9.48 Å². The van der Waals surface area contributed by atoms with Gasteiger partial charge in [-0.25, -0.2) is 4.98 Å². The molecule has 14 heavy (non-hydrogen) atoms. The Labute approximate surface area is 107 Å². The van der Waals surface area contributed by atoms with Crippen molar-refractivity contribution in [3.63, 3.8) is 0 Å². The van der Waals surface area contributed by atoms with Gasteiger partial charge in [0.25, 0.3) is 0 Å². The second kappa shape index (κ2) is 6.96. The molecule has 1 heterocycles. The molecule has 0 bridgehead atoms. The van der Waals surface area contributed by atoms with Crippen molar-refractivity contribution in [3.8, 4) is 0 Å². The SMILES string of the molecule is CCCCCCCc1nc(Br)sc1Br. The molecule has 0 spiro atoms. The summed E-state index contributed by atoms with van der Waals surface area (Å²) in [7, 11) is 0. The number of thiazole rings is 1. The lowest BCUT2D eigenvalue weighted by atomic mass is 10.1. The molecular formula is C10H15Br2NS. The number of nitrogens with zero attached hydrogens (tertiary/aromatic N) is 1. The normalized spacial score (nSPS) is 10.8. The highest BCUT2D eigenvalue weighted by molar-refractivity contribution is 9.12. The fourth-order valence-electron chi connectivity index (χ4n) is 1.36. The number of rotatable bonds is 6. The zero-order valence-electron chi connectivity index (χ0n) is 8.35. The van der Waals surface area contributed by atoms with E-state index in [-0.39, 0.29) is 0 Å². The first-order valence-electron chi connectivity index (χ1n) is 5.04. The van der Waals surface area contributed by atoms with E-state index >= 15 is 0 Å². The van der Waals surface area contributed by atoms with E-state index in [9.17, 15) is 0 Å². The van der Waals surface area contributed by atoms with Crippen molar-refractivity contribution >= 4 is 43.2 Å². The Kier molecular flexibility index (Phi) is 6.29. The number of aromatic nitrogens is 1. The minimum Gasteiger partial charge on any atom is -0.233 e. The van der Waals surface area contributed by atoms with Crippen LogP contribution in [0, 0.1) is 0 Å². The summed E-state index contributed by atoms with van der Waals surface area (Å²) in [5, 5.41) is 0. The molecule has 1 aromatic rings. The standard InChI is InChI=1S/C10H15Br2NS/c1-2-3-4-5-6-7-8-9(11)14-10(12)13-8/h2-7H2,1H3. The van der Waals surface area contributed by atoms with Gasteiger partial charge >= 0.3 is 0 Å². The van der Waals surface area contributed by atoms with Crippen LogP contribution >= 0.6 is 43.2 Å². The van der Waals surface area contributed by atoms with Gasteiger partial charge in [-0.3, -0.25) is 0 Å². The third-order valence-corrected chi connectivity index (χ3v) is 4.42. The lowest BCUT2D eigenvalue weighted by Crippen LogP contribution is -1.87. The summed E-state index contributed by atoms with van der Waals surface area (Å²) in [4.78, 5) is 4.42. The molecule has 0 saturated carbocycles. The third kappa shape index (κ3) is 4.41. The van der Waals surface area contributed by atoms with Gasteiger partial charge in [0.15, 0.2) is 3.92 Å². The molecule has 0 fully saturated rings. The van der Waals surface area contributed by atoms with Crippen LogP contribution in [0.25, 0.3) is 0 Å². The van der Waals surface area contributed by atoms with Crippen LogP contribution in [-0.4, -0.2) is 4.98 Å². The zero-order valence-corrected chi connectivity index (χ0v) is 12.3. The maximum atomic E-state index is 4.42. The predicted molar refractivity (Wildman–Crippen MR) is 70.0 cm³/mol. The monoisotopic (exact) mass is 339 g/mol. The number of halogens is 2. The fourth-order valence-corrected chi connectivity index (χ4v) is 4.02. The lowest BCUT2D eigenvalue weighted by Gasteiger charge is -1.98. The Bertz CT molecular complexity index is 273. The summed E-state index contributed by atoms with van der Waals surface area (Å²) in [5.74, 6) is 0. The van der Waals surface area contributed by atoms with E-state index in [1.807, 2.05) is 0 Å². The molecule has 0 aliphatic rings. The largest absolute Gasteiger partial charge is 0.233 e. The molecule has 0 aromatic carbocycles. The Balaban J connectivity index is 2.21. The van der Waals surface area contributed by atoms with Crippen LogP contribution in [0.5, 0.6) is 0 Å². The molecule has 0 N–H and O–H groups in total. The highest BCUT2D eigenvalue weighted by atomic mass is 79.9. The van der Waals surface area contributed by atoms with Crippen molar-refractivity contribution in [2.24, 2.45) is 0 Å². The summed E-state index contributed by atoms with van der Waals surface area (Å²) < 4.78 is 2.16. The molecule has 0 atom stereocenters. The van der Waals surface area contributed by atoms with Gasteiger partial charge in [0, 0.05) is 0 Å². The van der Waals surface area contributed by atoms with Gasteiger partial charge in [-0.05, 0) is 44.7 Å². The Morgan fingerprint density at radius 1 is 1.14 bits per heavy atom. The quantitative estimate of drug-likeness (QED) is 0.650. The first-order valence-corrected chi connectivity index (χ1v) is 7.45. The van der Waals surface area contributed by atoms with Gasteiger partial charge in [0.1, 0.15) is 0 Å². The van der Waals surface area contributed by atoms with Crippen LogP contribution in [0.4, 0.5) is 0 Å². The van der Waals surface area contributed by atoms with E-state index in [2.05, 4.69) is 43.8 Å². The van der Waals surface area contributed by atoms with Crippen molar-refractivity contribution in [2.75, 3.05) is 0 Å². The molecule has 1 nitrogen and oxygen atoms in total. The van der Waals surface area contributed by atoms with Crippen LogP contribution in [0.2, 0.25) is 0 Å². The second-order valence-corrected chi connectivity index (χ2v) is 6.94. The van der Waals surface area contributed by atoms with Crippen molar-refractivity contribution in [1.82, 2.24) is 4.98 Å². The van der Waals surface area contributed by atoms with Crippen molar-refractivity contribution in [2.45, 2.75) is 45.4 Å². The molecule has 0 aliphatic heterocycles. The van der Waals surface area contributed by atoms with Crippen LogP contribution < -0.4 is 0 Å². The predicted octanol–water partition coefficient (Wildman–Crippen LogP) is 5.18. The molecule has 1 rings (SSSR count). The molecule has 0 radical (unpaired) electrons. The minimum absolute atomic E-state index is 0.980. The summed E-state index contributed by atoms with van der Waals surface area (Å²) >= 11 is 8.58. The fraction of sp³-hybridized carbons (Fsp3) is 0.700. The number of hydrogen-bond acceptors (Lipinski definition) is 2. The van der Waals surface area contributed by atoms with Gasteiger partial charge in [-0.15, -0.1) is 0 Å². The average molecular weight is 341 g/mol. The van der Waals surface area contributed by atoms with E-state index in [1.165, 1.54) is 41.6 Å². The topological polar surface area (TPSA) is 12.9 Å². The summed E-state index contributed by atoms with van der Waals surface area (Å²) in [6.45, 7) is 2.24. The van der Waals surface area contributed by atoms with Gasteiger partial charge in [-0.2, -0.15) is 0 Å². The average Bonchev–Trinajstić information content (AvgIpc) is 2.45. The highest BCUT2D eigenvalue weighted by Crippen LogP contribution is 2.29. The van der Waals surface area contributed by atoms with Crippen molar-refractivity contribution in [1.29, 1.82) is 0 Å². The Morgan fingerprint density at radius 3 is 2.43 bits per heavy atom. The summed E-state index contributed by atoms with van der Waals surface area (Å²) in [6.07, 6.45) is 7.73. The molecule has 0 unspecified atom stereocenters.